The van der Waals surface area contributed by atoms with E-state index in [0.29, 0.717) is 24.6 Å². The van der Waals surface area contributed by atoms with E-state index < -0.39 is 0 Å². The number of aromatic nitrogens is 1. The van der Waals surface area contributed by atoms with E-state index in [-0.39, 0.29) is 11.8 Å². The molecule has 0 fully saturated rings. The number of unbranched alkanes of at least 4 members (excludes halogenated alkanes) is 2. The highest BCUT2D eigenvalue weighted by Gasteiger charge is 2.07. The van der Waals surface area contributed by atoms with Crippen molar-refractivity contribution < 1.29 is 18.3 Å². The van der Waals surface area contributed by atoms with Gasteiger partial charge in [-0.2, -0.15) is 0 Å². The molecule has 5 heteroatoms. The third kappa shape index (κ3) is 4.98. The molecule has 0 amide bonds. The summed E-state index contributed by atoms with van der Waals surface area (Å²) in [6.45, 7) is 2.24. The number of aryl methyl sites for hydroxylation is 1. The van der Waals surface area contributed by atoms with E-state index in [4.69, 9.17) is 9.15 Å². The number of hydrogen-bond donors (Lipinski definition) is 0. The molecule has 1 aromatic carbocycles. The summed E-state index contributed by atoms with van der Waals surface area (Å²) >= 11 is 0. The standard InChI is InChI=1S/C17H20FNO3/c1-2-21-17(20)7-5-3-4-6-16-19-15(12-22-16)13-8-10-14(18)11-9-13/h8-12H,2-7H2,1H3. The first kappa shape index (κ1) is 16.2. The third-order valence-corrected chi connectivity index (χ3v) is 3.27. The Morgan fingerprint density at radius 1 is 1.23 bits per heavy atom. The fourth-order valence-electron chi connectivity index (χ4n) is 2.13. The summed E-state index contributed by atoms with van der Waals surface area (Å²) in [6, 6.07) is 6.16. The Kier molecular flexibility index (Phi) is 6.13. The normalized spacial score (nSPS) is 10.6. The lowest BCUT2D eigenvalue weighted by atomic mass is 10.1. The van der Waals surface area contributed by atoms with Crippen molar-refractivity contribution in [3.05, 3.63) is 42.2 Å². The van der Waals surface area contributed by atoms with Crippen LogP contribution in [0.15, 0.2) is 34.9 Å². The maximum atomic E-state index is 12.9. The van der Waals surface area contributed by atoms with E-state index in [2.05, 4.69) is 4.98 Å². The highest BCUT2D eigenvalue weighted by molar-refractivity contribution is 5.69. The number of rotatable bonds is 8. The van der Waals surface area contributed by atoms with Gasteiger partial charge in [0.05, 0.1) is 6.61 Å². The van der Waals surface area contributed by atoms with Crippen LogP contribution >= 0.6 is 0 Å². The second-order valence-corrected chi connectivity index (χ2v) is 5.00. The summed E-state index contributed by atoms with van der Waals surface area (Å²) in [4.78, 5) is 15.6. The monoisotopic (exact) mass is 305 g/mol. The molecule has 0 saturated heterocycles. The molecule has 2 aromatic rings. The first-order chi connectivity index (χ1) is 10.7. The molecule has 0 aliphatic heterocycles. The van der Waals surface area contributed by atoms with E-state index in [1.807, 2.05) is 0 Å². The van der Waals surface area contributed by atoms with E-state index in [1.165, 1.54) is 12.1 Å². The van der Waals surface area contributed by atoms with E-state index in [1.54, 1.807) is 25.3 Å². The molecule has 22 heavy (non-hydrogen) atoms. The minimum Gasteiger partial charge on any atom is -0.466 e. The number of ether oxygens (including phenoxy) is 1. The van der Waals surface area contributed by atoms with Gasteiger partial charge in [0.1, 0.15) is 17.8 Å². The maximum Gasteiger partial charge on any atom is 0.305 e. The third-order valence-electron chi connectivity index (χ3n) is 3.27. The van der Waals surface area contributed by atoms with Crippen LogP contribution in [0.5, 0.6) is 0 Å². The highest BCUT2D eigenvalue weighted by Crippen LogP contribution is 2.19. The Bertz CT molecular complexity index is 592. The van der Waals surface area contributed by atoms with Gasteiger partial charge in [0.15, 0.2) is 5.89 Å². The first-order valence-electron chi connectivity index (χ1n) is 7.55. The van der Waals surface area contributed by atoms with E-state index in [9.17, 15) is 9.18 Å². The maximum absolute atomic E-state index is 12.9. The summed E-state index contributed by atoms with van der Waals surface area (Å²) in [7, 11) is 0. The zero-order valence-corrected chi connectivity index (χ0v) is 12.7. The molecule has 0 saturated carbocycles. The van der Waals surface area contributed by atoms with Gasteiger partial charge in [-0.3, -0.25) is 4.79 Å². The van der Waals surface area contributed by atoms with Gasteiger partial charge in [-0.05, 0) is 44.0 Å². The van der Waals surface area contributed by atoms with Crippen LogP contribution in [0, 0.1) is 5.82 Å². The lowest BCUT2D eigenvalue weighted by Gasteiger charge is -2.00. The molecule has 1 heterocycles. The average Bonchev–Trinajstić information content (AvgIpc) is 2.97. The van der Waals surface area contributed by atoms with Crippen molar-refractivity contribution in [2.75, 3.05) is 6.61 Å². The van der Waals surface area contributed by atoms with Crippen molar-refractivity contribution in [3.63, 3.8) is 0 Å². The summed E-state index contributed by atoms with van der Waals surface area (Å²) in [5, 5.41) is 0. The Hall–Kier alpha value is -2.17. The Morgan fingerprint density at radius 2 is 2.00 bits per heavy atom. The predicted molar refractivity (Wildman–Crippen MR) is 80.7 cm³/mol. The van der Waals surface area contributed by atoms with Crippen molar-refractivity contribution in [2.45, 2.75) is 39.0 Å². The van der Waals surface area contributed by atoms with Crippen LogP contribution in [0.4, 0.5) is 4.39 Å². The molecule has 1 aromatic heterocycles. The number of hydrogen-bond acceptors (Lipinski definition) is 4. The van der Waals surface area contributed by atoms with Gasteiger partial charge < -0.3 is 9.15 Å². The van der Waals surface area contributed by atoms with Gasteiger partial charge in [-0.1, -0.05) is 6.42 Å². The zero-order chi connectivity index (χ0) is 15.8. The SMILES string of the molecule is CCOC(=O)CCCCCc1nc(-c2ccc(F)cc2)co1. The number of esters is 1. The number of oxazole rings is 1. The molecule has 0 bridgehead atoms. The Balaban J connectivity index is 1.73. The van der Waals surface area contributed by atoms with Gasteiger partial charge in [-0.25, -0.2) is 9.37 Å². The molecular formula is C17H20FNO3. The van der Waals surface area contributed by atoms with Crippen molar-refractivity contribution >= 4 is 5.97 Å². The number of carbonyl (C=O) groups excluding carboxylic acids is 1. The van der Waals surface area contributed by atoms with Crippen LogP contribution in [0.3, 0.4) is 0 Å². The minimum absolute atomic E-state index is 0.141. The summed E-state index contributed by atoms with van der Waals surface area (Å²) in [6.07, 6.45) is 5.41. The zero-order valence-electron chi connectivity index (χ0n) is 12.7. The van der Waals surface area contributed by atoms with Crippen molar-refractivity contribution in [1.29, 1.82) is 0 Å². The molecule has 0 N–H and O–H groups in total. The number of carbonyl (C=O) groups is 1. The molecule has 0 radical (unpaired) electrons. The van der Waals surface area contributed by atoms with Gasteiger partial charge in [-0.15, -0.1) is 0 Å². The van der Waals surface area contributed by atoms with E-state index >= 15 is 0 Å². The largest absolute Gasteiger partial charge is 0.466 e. The van der Waals surface area contributed by atoms with Crippen LogP contribution in [-0.2, 0) is 16.0 Å². The number of benzene rings is 1. The molecule has 0 aliphatic rings. The lowest BCUT2D eigenvalue weighted by molar-refractivity contribution is -0.143. The van der Waals surface area contributed by atoms with Crippen LogP contribution in [0.1, 0.15) is 38.5 Å². The molecule has 0 aliphatic carbocycles. The minimum atomic E-state index is -0.269. The van der Waals surface area contributed by atoms with Gasteiger partial charge in [0.25, 0.3) is 0 Å². The molecular weight excluding hydrogens is 285 g/mol. The van der Waals surface area contributed by atoms with Crippen molar-refractivity contribution in [3.8, 4) is 11.3 Å². The molecule has 2 rings (SSSR count). The van der Waals surface area contributed by atoms with Gasteiger partial charge in [0, 0.05) is 18.4 Å². The molecule has 0 atom stereocenters. The van der Waals surface area contributed by atoms with Crippen LogP contribution in [0.2, 0.25) is 0 Å². The van der Waals surface area contributed by atoms with Gasteiger partial charge in [0.2, 0.25) is 0 Å². The Morgan fingerprint density at radius 3 is 2.73 bits per heavy atom. The smallest absolute Gasteiger partial charge is 0.305 e. The fourth-order valence-corrected chi connectivity index (χ4v) is 2.13. The number of halogens is 1. The molecule has 0 unspecified atom stereocenters. The summed E-state index contributed by atoms with van der Waals surface area (Å²) in [5.74, 6) is 0.252. The fraction of sp³-hybridized carbons (Fsp3) is 0.412. The van der Waals surface area contributed by atoms with Crippen molar-refractivity contribution in [1.82, 2.24) is 4.98 Å². The molecule has 118 valence electrons. The average molecular weight is 305 g/mol. The van der Waals surface area contributed by atoms with Crippen LogP contribution < -0.4 is 0 Å². The quantitative estimate of drug-likeness (QED) is 0.543. The van der Waals surface area contributed by atoms with Crippen LogP contribution in [0.25, 0.3) is 11.3 Å². The Labute approximate surface area is 129 Å². The number of nitrogens with zero attached hydrogens (tertiary/aromatic N) is 1. The second kappa shape index (κ2) is 8.32. The van der Waals surface area contributed by atoms with E-state index in [0.717, 1.165) is 31.2 Å². The lowest BCUT2D eigenvalue weighted by Crippen LogP contribution is -2.03. The summed E-state index contributed by atoms with van der Waals surface area (Å²) < 4.78 is 23.2. The first-order valence-corrected chi connectivity index (χ1v) is 7.55. The van der Waals surface area contributed by atoms with Crippen molar-refractivity contribution in [2.24, 2.45) is 0 Å². The molecule has 4 nitrogen and oxygen atoms in total. The van der Waals surface area contributed by atoms with Gasteiger partial charge >= 0.3 is 5.97 Å². The predicted octanol–water partition coefficient (Wildman–Crippen LogP) is 4.15. The van der Waals surface area contributed by atoms with Crippen LogP contribution in [-0.4, -0.2) is 17.6 Å². The molecule has 0 spiro atoms. The topological polar surface area (TPSA) is 52.3 Å². The highest BCUT2D eigenvalue weighted by atomic mass is 19.1. The summed E-state index contributed by atoms with van der Waals surface area (Å²) in [5.41, 5.74) is 1.54. The second-order valence-electron chi connectivity index (χ2n) is 5.00.